The molecule has 0 amide bonds. The van der Waals surface area contributed by atoms with Crippen LogP contribution in [0.5, 0.6) is 0 Å². The fourth-order valence-corrected chi connectivity index (χ4v) is 13.3. The number of unbranched alkanes of at least 4 members (excludes halogenated alkanes) is 14. The van der Waals surface area contributed by atoms with Crippen LogP contribution in [0.1, 0.15) is 253 Å². The summed E-state index contributed by atoms with van der Waals surface area (Å²) >= 11 is 0. The summed E-state index contributed by atoms with van der Waals surface area (Å²) in [5.74, 6) is 5.30. The van der Waals surface area contributed by atoms with Crippen molar-refractivity contribution in [2.24, 2.45) is 46.3 Å². The van der Waals surface area contributed by atoms with Crippen LogP contribution in [0.15, 0.2) is 84.6 Å². The molecule has 0 N–H and O–H groups in total. The third-order valence-electron chi connectivity index (χ3n) is 17.2. The van der Waals surface area contributed by atoms with Crippen LogP contribution in [0.25, 0.3) is 0 Å². The third kappa shape index (κ3) is 20.0. The van der Waals surface area contributed by atoms with Crippen LogP contribution in [-0.2, 0) is 9.53 Å². The number of hydrogen-bond donors (Lipinski definition) is 0. The van der Waals surface area contributed by atoms with E-state index >= 15 is 0 Å². The molecule has 0 aliphatic heterocycles. The lowest BCUT2D eigenvalue weighted by Gasteiger charge is -2.58. The smallest absolute Gasteiger partial charge is 0.306 e. The average Bonchev–Trinajstić information content (AvgIpc) is 3.65. The van der Waals surface area contributed by atoms with Gasteiger partial charge in [0, 0.05) is 12.8 Å². The Morgan fingerprint density at radius 1 is 0.600 bits per heavy atom. The highest BCUT2D eigenvalue weighted by atomic mass is 16.5. The summed E-state index contributed by atoms with van der Waals surface area (Å²) in [4.78, 5) is 12.9. The predicted octanol–water partition coefficient (Wildman–Crippen LogP) is 19.9. The van der Waals surface area contributed by atoms with E-state index in [2.05, 4.69) is 121 Å². The zero-order valence-corrected chi connectivity index (χ0v) is 43.7. The van der Waals surface area contributed by atoms with Gasteiger partial charge < -0.3 is 4.74 Å². The molecule has 3 saturated carbocycles. The summed E-state index contributed by atoms with van der Waals surface area (Å²) in [6.07, 6.45) is 71.4. The Kier molecular flexibility index (Phi) is 27.5. The van der Waals surface area contributed by atoms with E-state index in [4.69, 9.17) is 4.74 Å². The summed E-state index contributed by atoms with van der Waals surface area (Å²) in [6, 6.07) is 0. The fraction of sp³-hybridized carbons (Fsp3) is 0.762. The molecule has 0 heterocycles. The largest absolute Gasteiger partial charge is 0.462 e. The van der Waals surface area contributed by atoms with Crippen molar-refractivity contribution in [1.82, 2.24) is 0 Å². The lowest BCUT2D eigenvalue weighted by Crippen LogP contribution is -2.51. The molecule has 2 nitrogen and oxygen atoms in total. The molecule has 0 aromatic carbocycles. The zero-order chi connectivity index (χ0) is 46.4. The summed E-state index contributed by atoms with van der Waals surface area (Å²) in [5, 5.41) is 0. The monoisotopic (exact) mass is 893 g/mol. The first-order valence-electron chi connectivity index (χ1n) is 28.5. The highest BCUT2D eigenvalue weighted by Crippen LogP contribution is 2.67. The normalized spacial score (nSPS) is 27.5. The van der Waals surface area contributed by atoms with Crippen LogP contribution in [0.2, 0.25) is 0 Å². The van der Waals surface area contributed by atoms with Crippen LogP contribution in [0, 0.1) is 46.3 Å². The minimum atomic E-state index is 0.0608. The Hall–Kier alpha value is -2.35. The topological polar surface area (TPSA) is 26.3 Å². The van der Waals surface area contributed by atoms with Crippen LogP contribution in [0.4, 0.5) is 0 Å². The third-order valence-corrected chi connectivity index (χ3v) is 17.2. The van der Waals surface area contributed by atoms with E-state index in [1.165, 1.54) is 148 Å². The Morgan fingerprint density at radius 2 is 1.12 bits per heavy atom. The van der Waals surface area contributed by atoms with Crippen LogP contribution in [-0.4, -0.2) is 12.1 Å². The van der Waals surface area contributed by atoms with E-state index in [1.54, 1.807) is 5.57 Å². The van der Waals surface area contributed by atoms with E-state index in [9.17, 15) is 4.79 Å². The average molecular weight is 894 g/mol. The van der Waals surface area contributed by atoms with E-state index < -0.39 is 0 Å². The van der Waals surface area contributed by atoms with Crippen molar-refractivity contribution in [2.75, 3.05) is 0 Å². The van der Waals surface area contributed by atoms with E-state index in [-0.39, 0.29) is 12.1 Å². The molecular weight excluding hydrogens is 789 g/mol. The van der Waals surface area contributed by atoms with Crippen molar-refractivity contribution in [1.29, 1.82) is 0 Å². The molecule has 0 aromatic heterocycles. The minimum absolute atomic E-state index is 0.0608. The second-order valence-corrected chi connectivity index (χ2v) is 22.5. The Morgan fingerprint density at radius 3 is 1.68 bits per heavy atom. The van der Waals surface area contributed by atoms with Gasteiger partial charge in [0.15, 0.2) is 0 Å². The minimum Gasteiger partial charge on any atom is -0.462 e. The molecule has 0 saturated heterocycles. The lowest BCUT2D eigenvalue weighted by atomic mass is 9.47. The van der Waals surface area contributed by atoms with Gasteiger partial charge in [-0.3, -0.25) is 4.79 Å². The lowest BCUT2D eigenvalue weighted by molar-refractivity contribution is -0.151. The number of esters is 1. The standard InChI is InChI=1S/C63H104O2/c1-7-8-9-10-11-12-13-14-15-16-17-18-19-20-21-22-23-24-25-26-27-28-29-30-31-32-33-34-35-36-37-38-39-43-61(64)65-56-48-50-62(5)55(52-56)44-45-57-59-47-46-58(54(4)42-40-41-53(2)3)63(59,6)51-49-60(57)62/h8-9,11-12,14-15,17-18,20-21,23-24,44,53-54,56-60H,7,10,13,16,19,22,25-43,45-52H2,1-6H3/b9-8-,12-11-,15-14-,18-17-,21-20-,24-23-. The molecule has 0 aromatic rings. The summed E-state index contributed by atoms with van der Waals surface area (Å²) < 4.78 is 6.17. The molecule has 368 valence electrons. The maximum Gasteiger partial charge on any atom is 0.306 e. The molecular formula is C63H104O2. The fourth-order valence-electron chi connectivity index (χ4n) is 13.3. The van der Waals surface area contributed by atoms with E-state index in [1.807, 2.05) is 0 Å². The van der Waals surface area contributed by atoms with Gasteiger partial charge in [0.1, 0.15) is 6.10 Å². The first kappa shape index (κ1) is 55.2. The van der Waals surface area contributed by atoms with Gasteiger partial charge in [-0.05, 0) is 149 Å². The highest BCUT2D eigenvalue weighted by Gasteiger charge is 2.59. The molecule has 0 spiro atoms. The van der Waals surface area contributed by atoms with Gasteiger partial charge in [0.05, 0.1) is 0 Å². The number of hydrogen-bond acceptors (Lipinski definition) is 2. The quantitative estimate of drug-likeness (QED) is 0.0365. The Balaban J connectivity index is 0.914. The first-order chi connectivity index (χ1) is 31.7. The van der Waals surface area contributed by atoms with Gasteiger partial charge in [0.25, 0.3) is 0 Å². The summed E-state index contributed by atoms with van der Waals surface area (Å²) in [7, 11) is 0. The van der Waals surface area contributed by atoms with Gasteiger partial charge in [-0.25, -0.2) is 0 Å². The van der Waals surface area contributed by atoms with Crippen molar-refractivity contribution in [3.63, 3.8) is 0 Å². The maximum atomic E-state index is 12.9. The van der Waals surface area contributed by atoms with Crippen molar-refractivity contribution in [3.8, 4) is 0 Å². The van der Waals surface area contributed by atoms with E-state index in [0.29, 0.717) is 17.3 Å². The molecule has 4 aliphatic rings. The number of carbonyl (C=O) groups excluding carboxylic acids is 1. The molecule has 3 fully saturated rings. The molecule has 4 rings (SSSR count). The SMILES string of the molecule is CC/C=C\C/C=C\C/C=C\C/C=C\C/C=C\C/C=C\CCCCCCCCCCCCCCCCC(=O)OC1CCC2(C)C(=CCC3C2CCC2(C)C(C(C)CCCC(C)C)CCC32)C1. The molecule has 65 heavy (non-hydrogen) atoms. The number of fused-ring (bicyclic) bond motifs is 5. The summed E-state index contributed by atoms with van der Waals surface area (Å²) in [6.45, 7) is 14.8. The van der Waals surface area contributed by atoms with Gasteiger partial charge in [0.2, 0.25) is 0 Å². The second kappa shape index (κ2) is 32.4. The molecule has 8 atom stereocenters. The second-order valence-electron chi connectivity index (χ2n) is 22.5. The highest BCUT2D eigenvalue weighted by molar-refractivity contribution is 5.69. The molecule has 8 unspecified atom stereocenters. The maximum absolute atomic E-state index is 12.9. The van der Waals surface area contributed by atoms with Gasteiger partial charge in [-0.15, -0.1) is 0 Å². The number of ether oxygens (including phenoxy) is 1. The van der Waals surface area contributed by atoms with Crippen molar-refractivity contribution in [2.45, 2.75) is 260 Å². The van der Waals surface area contributed by atoms with Crippen molar-refractivity contribution >= 4 is 5.97 Å². The van der Waals surface area contributed by atoms with E-state index in [0.717, 1.165) is 93.3 Å². The Labute approximate surface area is 404 Å². The van der Waals surface area contributed by atoms with Gasteiger partial charge in [-0.2, -0.15) is 0 Å². The first-order valence-corrected chi connectivity index (χ1v) is 28.5. The number of rotatable bonds is 34. The molecule has 0 radical (unpaired) electrons. The molecule has 2 heteroatoms. The van der Waals surface area contributed by atoms with Gasteiger partial charge in [-0.1, -0.05) is 222 Å². The number of carbonyl (C=O) groups is 1. The van der Waals surface area contributed by atoms with Crippen molar-refractivity contribution in [3.05, 3.63) is 84.6 Å². The van der Waals surface area contributed by atoms with Gasteiger partial charge >= 0.3 is 5.97 Å². The van der Waals surface area contributed by atoms with Crippen molar-refractivity contribution < 1.29 is 9.53 Å². The zero-order valence-electron chi connectivity index (χ0n) is 43.7. The molecule has 4 aliphatic carbocycles. The van der Waals surface area contributed by atoms with Crippen LogP contribution < -0.4 is 0 Å². The van der Waals surface area contributed by atoms with Crippen LogP contribution >= 0.6 is 0 Å². The van der Waals surface area contributed by atoms with Crippen LogP contribution in [0.3, 0.4) is 0 Å². The predicted molar refractivity (Wildman–Crippen MR) is 285 cm³/mol. The summed E-state index contributed by atoms with van der Waals surface area (Å²) in [5.41, 5.74) is 2.52. The Bertz CT molecular complexity index is 1490. The number of allylic oxidation sites excluding steroid dienone is 13. The molecule has 0 bridgehead atoms.